The minimum Gasteiger partial charge on any atom is -0.348 e. The highest BCUT2D eigenvalue weighted by molar-refractivity contribution is 6.51. The SMILES string of the molecule is C[B]c1ccc(CCC2(NC(C)=O)COC(C)(C)OC2)cc1. The zero-order chi connectivity index (χ0) is 16.2. The Balaban J connectivity index is 2.02. The Labute approximate surface area is 133 Å². The van der Waals surface area contributed by atoms with Gasteiger partial charge < -0.3 is 14.8 Å². The van der Waals surface area contributed by atoms with E-state index in [9.17, 15) is 4.79 Å². The second kappa shape index (κ2) is 6.84. The van der Waals surface area contributed by atoms with Crippen LogP contribution in [0.2, 0.25) is 6.82 Å². The maximum atomic E-state index is 11.5. The van der Waals surface area contributed by atoms with Gasteiger partial charge in [0.1, 0.15) is 7.28 Å². The first-order valence-corrected chi connectivity index (χ1v) is 7.79. The van der Waals surface area contributed by atoms with Crippen molar-refractivity contribution in [1.29, 1.82) is 0 Å². The third-order valence-electron chi connectivity index (χ3n) is 4.04. The average molecular weight is 302 g/mol. The molecular formula is C17H25BNO3. The summed E-state index contributed by atoms with van der Waals surface area (Å²) in [6.07, 6.45) is 1.66. The largest absolute Gasteiger partial charge is 0.348 e. The molecule has 1 heterocycles. The van der Waals surface area contributed by atoms with E-state index in [1.165, 1.54) is 17.9 Å². The number of rotatable bonds is 5. The second-order valence-electron chi connectivity index (χ2n) is 6.47. The van der Waals surface area contributed by atoms with Crippen LogP contribution < -0.4 is 10.8 Å². The molecule has 119 valence electrons. The molecule has 2 rings (SSSR count). The highest BCUT2D eigenvalue weighted by atomic mass is 16.7. The fourth-order valence-corrected chi connectivity index (χ4v) is 2.62. The second-order valence-corrected chi connectivity index (χ2v) is 6.47. The number of ether oxygens (including phenoxy) is 2. The van der Waals surface area contributed by atoms with E-state index in [-0.39, 0.29) is 5.91 Å². The lowest BCUT2D eigenvalue weighted by Crippen LogP contribution is -2.60. The first kappa shape index (κ1) is 17.0. The molecule has 1 saturated heterocycles. The van der Waals surface area contributed by atoms with Crippen molar-refractivity contribution in [3.8, 4) is 0 Å². The molecule has 1 radical (unpaired) electrons. The van der Waals surface area contributed by atoms with Crippen LogP contribution in [-0.4, -0.2) is 37.7 Å². The third-order valence-corrected chi connectivity index (χ3v) is 4.04. The van der Waals surface area contributed by atoms with Gasteiger partial charge in [0.25, 0.3) is 0 Å². The van der Waals surface area contributed by atoms with Crippen LogP contribution in [0.5, 0.6) is 0 Å². The predicted molar refractivity (Wildman–Crippen MR) is 88.5 cm³/mol. The molecule has 0 spiro atoms. The summed E-state index contributed by atoms with van der Waals surface area (Å²) in [5.41, 5.74) is 2.02. The molecule has 1 aromatic rings. The summed E-state index contributed by atoms with van der Waals surface area (Å²) in [7, 11) is 2.08. The molecule has 0 unspecified atom stereocenters. The Morgan fingerprint density at radius 3 is 2.32 bits per heavy atom. The van der Waals surface area contributed by atoms with Crippen molar-refractivity contribution < 1.29 is 14.3 Å². The molecule has 0 aromatic heterocycles. The first-order chi connectivity index (χ1) is 10.3. The van der Waals surface area contributed by atoms with E-state index in [1.807, 2.05) is 20.7 Å². The van der Waals surface area contributed by atoms with E-state index in [2.05, 4.69) is 36.9 Å². The van der Waals surface area contributed by atoms with E-state index >= 15 is 0 Å². The molecule has 0 atom stereocenters. The van der Waals surface area contributed by atoms with E-state index in [0.29, 0.717) is 13.2 Å². The lowest BCUT2D eigenvalue weighted by Gasteiger charge is -2.43. The van der Waals surface area contributed by atoms with Crippen LogP contribution in [0.4, 0.5) is 0 Å². The van der Waals surface area contributed by atoms with E-state index in [4.69, 9.17) is 9.47 Å². The fourth-order valence-electron chi connectivity index (χ4n) is 2.62. The zero-order valence-electron chi connectivity index (χ0n) is 13.9. The number of carbonyl (C=O) groups is 1. The van der Waals surface area contributed by atoms with Crippen LogP contribution in [0, 0.1) is 0 Å². The Morgan fingerprint density at radius 2 is 1.82 bits per heavy atom. The van der Waals surface area contributed by atoms with Gasteiger partial charge in [0.15, 0.2) is 5.79 Å². The van der Waals surface area contributed by atoms with Gasteiger partial charge in [-0.3, -0.25) is 4.79 Å². The maximum Gasteiger partial charge on any atom is 0.217 e. The van der Waals surface area contributed by atoms with Gasteiger partial charge >= 0.3 is 0 Å². The minimum absolute atomic E-state index is 0.0529. The van der Waals surface area contributed by atoms with Crippen LogP contribution in [0.1, 0.15) is 32.8 Å². The molecule has 1 fully saturated rings. The van der Waals surface area contributed by atoms with Gasteiger partial charge in [-0.2, -0.15) is 0 Å². The van der Waals surface area contributed by atoms with Crippen LogP contribution in [0.25, 0.3) is 0 Å². The number of hydrogen-bond donors (Lipinski definition) is 1. The molecule has 0 saturated carbocycles. The number of carbonyl (C=O) groups excluding carboxylic acids is 1. The summed E-state index contributed by atoms with van der Waals surface area (Å²) in [5, 5.41) is 3.03. The van der Waals surface area contributed by atoms with Crippen molar-refractivity contribution in [1.82, 2.24) is 5.32 Å². The third kappa shape index (κ3) is 4.58. The normalized spacial score (nSPS) is 19.5. The van der Waals surface area contributed by atoms with E-state index in [0.717, 1.165) is 12.8 Å². The molecule has 1 aliphatic rings. The molecule has 1 N–H and O–H groups in total. The summed E-state index contributed by atoms with van der Waals surface area (Å²) in [5.74, 6) is -0.636. The summed E-state index contributed by atoms with van der Waals surface area (Å²) in [6.45, 7) is 8.29. The lowest BCUT2D eigenvalue weighted by atomic mass is 9.73. The quantitative estimate of drug-likeness (QED) is 0.842. The van der Waals surface area contributed by atoms with Crippen molar-refractivity contribution in [2.45, 2.75) is 51.8 Å². The van der Waals surface area contributed by atoms with Crippen LogP contribution in [-0.2, 0) is 20.7 Å². The molecule has 22 heavy (non-hydrogen) atoms. The lowest BCUT2D eigenvalue weighted by molar-refractivity contribution is -0.271. The smallest absolute Gasteiger partial charge is 0.217 e. The van der Waals surface area contributed by atoms with Crippen molar-refractivity contribution in [3.63, 3.8) is 0 Å². The summed E-state index contributed by atoms with van der Waals surface area (Å²) >= 11 is 0. The highest BCUT2D eigenvalue weighted by Crippen LogP contribution is 2.27. The van der Waals surface area contributed by atoms with Gasteiger partial charge in [-0.25, -0.2) is 0 Å². The van der Waals surface area contributed by atoms with Gasteiger partial charge in [-0.15, -0.1) is 0 Å². The zero-order valence-corrected chi connectivity index (χ0v) is 13.9. The Morgan fingerprint density at radius 1 is 1.23 bits per heavy atom. The van der Waals surface area contributed by atoms with Crippen LogP contribution in [0.15, 0.2) is 24.3 Å². The van der Waals surface area contributed by atoms with Gasteiger partial charge in [-0.05, 0) is 32.3 Å². The van der Waals surface area contributed by atoms with Gasteiger partial charge in [0.05, 0.1) is 18.8 Å². The number of aryl methyl sites for hydroxylation is 1. The highest BCUT2D eigenvalue weighted by Gasteiger charge is 2.40. The first-order valence-electron chi connectivity index (χ1n) is 7.79. The Hall–Kier alpha value is -1.33. The van der Waals surface area contributed by atoms with Gasteiger partial charge in [-0.1, -0.05) is 36.6 Å². The van der Waals surface area contributed by atoms with Crippen LogP contribution >= 0.6 is 0 Å². The standard InChI is InChI=1S/C17H25BNO3/c1-13(20)19-17(11-21-16(2,3)22-12-17)10-9-14-5-7-15(18-4)8-6-14/h5-8H,9-12H2,1-4H3,(H,19,20). The molecule has 0 aliphatic carbocycles. The Kier molecular flexibility index (Phi) is 5.30. The van der Waals surface area contributed by atoms with Crippen LogP contribution in [0.3, 0.4) is 0 Å². The van der Waals surface area contributed by atoms with Crippen molar-refractivity contribution >= 4 is 18.6 Å². The van der Waals surface area contributed by atoms with Gasteiger partial charge in [0.2, 0.25) is 5.91 Å². The molecule has 4 nitrogen and oxygen atoms in total. The number of hydrogen-bond acceptors (Lipinski definition) is 3. The molecule has 5 heteroatoms. The average Bonchev–Trinajstić information content (AvgIpc) is 2.48. The maximum absolute atomic E-state index is 11.5. The number of amides is 1. The topological polar surface area (TPSA) is 47.6 Å². The molecule has 1 aromatic carbocycles. The predicted octanol–water partition coefficient (Wildman–Crippen LogP) is 1.65. The van der Waals surface area contributed by atoms with Gasteiger partial charge in [0, 0.05) is 6.92 Å². The number of benzene rings is 1. The van der Waals surface area contributed by atoms with Crippen molar-refractivity contribution in [2.75, 3.05) is 13.2 Å². The minimum atomic E-state index is -0.583. The molecular weight excluding hydrogens is 277 g/mol. The molecule has 1 aliphatic heterocycles. The van der Waals surface area contributed by atoms with Crippen molar-refractivity contribution in [2.24, 2.45) is 0 Å². The summed E-state index contributed by atoms with van der Waals surface area (Å²) in [4.78, 5) is 11.5. The molecule has 1 amide bonds. The van der Waals surface area contributed by atoms with Crippen molar-refractivity contribution in [3.05, 3.63) is 29.8 Å². The number of nitrogens with one attached hydrogen (secondary N) is 1. The van der Waals surface area contributed by atoms with E-state index in [1.54, 1.807) is 0 Å². The Bertz CT molecular complexity index is 503. The molecule has 0 bridgehead atoms. The monoisotopic (exact) mass is 302 g/mol. The summed E-state index contributed by atoms with van der Waals surface area (Å²) in [6, 6.07) is 8.48. The fraction of sp³-hybridized carbons (Fsp3) is 0.588. The van der Waals surface area contributed by atoms with E-state index < -0.39 is 11.3 Å². The summed E-state index contributed by atoms with van der Waals surface area (Å²) < 4.78 is 11.5.